The molecule has 1 aliphatic carbocycles. The third-order valence-electron chi connectivity index (χ3n) is 3.58. The number of aryl methyl sites for hydroxylation is 1. The van der Waals surface area contributed by atoms with Crippen LogP contribution in [0.25, 0.3) is 0 Å². The van der Waals surface area contributed by atoms with E-state index in [1.165, 1.54) is 17.5 Å². The van der Waals surface area contributed by atoms with Gasteiger partial charge in [-0.3, -0.25) is 0 Å². The first-order valence-corrected chi connectivity index (χ1v) is 6.52. The van der Waals surface area contributed by atoms with Gasteiger partial charge in [0.05, 0.1) is 7.11 Å². The van der Waals surface area contributed by atoms with Crippen LogP contribution < -0.4 is 10.1 Å². The Balaban J connectivity index is 1.62. The Kier molecular flexibility index (Phi) is 3.46. The smallest absolute Gasteiger partial charge is 0.213 e. The summed E-state index contributed by atoms with van der Waals surface area (Å²) in [7, 11) is 1.70. The van der Waals surface area contributed by atoms with Crippen molar-refractivity contribution in [2.75, 3.05) is 13.7 Å². The van der Waals surface area contributed by atoms with Gasteiger partial charge in [0.2, 0.25) is 6.39 Å². The second kappa shape index (κ2) is 5.40. The van der Waals surface area contributed by atoms with E-state index in [9.17, 15) is 0 Å². The number of ether oxygens (including phenoxy) is 1. The zero-order chi connectivity index (χ0) is 13.1. The van der Waals surface area contributed by atoms with Crippen molar-refractivity contribution in [3.63, 3.8) is 0 Å². The van der Waals surface area contributed by atoms with Crippen LogP contribution in [-0.4, -0.2) is 23.8 Å². The summed E-state index contributed by atoms with van der Waals surface area (Å²) in [4.78, 5) is 4.01. The van der Waals surface area contributed by atoms with Crippen molar-refractivity contribution >= 4 is 0 Å². The van der Waals surface area contributed by atoms with Crippen LogP contribution in [0.5, 0.6) is 5.75 Å². The molecule has 0 spiro atoms. The number of rotatable bonds is 5. The first-order chi connectivity index (χ1) is 9.36. The monoisotopic (exact) mass is 259 g/mol. The molecule has 1 N–H and O–H groups in total. The van der Waals surface area contributed by atoms with Gasteiger partial charge in [0.15, 0.2) is 5.82 Å². The van der Waals surface area contributed by atoms with Gasteiger partial charge in [-0.05, 0) is 36.1 Å². The van der Waals surface area contributed by atoms with Crippen LogP contribution in [-0.2, 0) is 12.8 Å². The number of nitrogens with one attached hydrogen (secondary N) is 1. The van der Waals surface area contributed by atoms with Crippen LogP contribution in [0.15, 0.2) is 29.1 Å². The minimum atomic E-state index is 0.400. The average Bonchev–Trinajstić information content (AvgIpc) is 3.08. The molecule has 0 bridgehead atoms. The lowest BCUT2D eigenvalue weighted by Gasteiger charge is -2.14. The molecule has 0 saturated carbocycles. The van der Waals surface area contributed by atoms with E-state index in [0.29, 0.717) is 6.04 Å². The Labute approximate surface area is 112 Å². The number of aromatic nitrogens is 2. The van der Waals surface area contributed by atoms with E-state index < -0.39 is 0 Å². The van der Waals surface area contributed by atoms with Crippen molar-refractivity contribution in [3.8, 4) is 5.75 Å². The molecule has 1 aromatic carbocycles. The van der Waals surface area contributed by atoms with Crippen LogP contribution >= 0.6 is 0 Å². The van der Waals surface area contributed by atoms with Crippen LogP contribution in [0.2, 0.25) is 0 Å². The zero-order valence-corrected chi connectivity index (χ0v) is 10.9. The van der Waals surface area contributed by atoms with E-state index in [2.05, 4.69) is 27.6 Å². The second-order valence-corrected chi connectivity index (χ2v) is 4.71. The normalized spacial score (nSPS) is 17.4. The maximum atomic E-state index is 5.29. The van der Waals surface area contributed by atoms with E-state index >= 15 is 0 Å². The summed E-state index contributed by atoms with van der Waals surface area (Å²) in [5.41, 5.74) is 2.77. The van der Waals surface area contributed by atoms with E-state index in [-0.39, 0.29) is 0 Å². The Morgan fingerprint density at radius 3 is 3.21 bits per heavy atom. The quantitative estimate of drug-likeness (QED) is 0.888. The van der Waals surface area contributed by atoms with E-state index in [0.717, 1.165) is 37.4 Å². The van der Waals surface area contributed by atoms with Gasteiger partial charge >= 0.3 is 0 Å². The highest BCUT2D eigenvalue weighted by molar-refractivity contribution is 5.40. The minimum absolute atomic E-state index is 0.400. The number of methoxy groups -OCH3 is 1. The molecule has 5 nitrogen and oxygen atoms in total. The summed E-state index contributed by atoms with van der Waals surface area (Å²) in [6.07, 6.45) is 4.41. The van der Waals surface area contributed by atoms with Gasteiger partial charge in [-0.25, -0.2) is 0 Å². The van der Waals surface area contributed by atoms with E-state index in [4.69, 9.17) is 9.26 Å². The standard InChI is InChI=1S/C14H17N3O2/c1-18-11-4-2-10-3-5-13(12(10)8-11)15-7-6-14-16-9-19-17-14/h2,4,8-9,13,15H,3,5-7H2,1H3. The highest BCUT2D eigenvalue weighted by atomic mass is 16.5. The highest BCUT2D eigenvalue weighted by Gasteiger charge is 2.22. The summed E-state index contributed by atoms with van der Waals surface area (Å²) in [6, 6.07) is 6.72. The second-order valence-electron chi connectivity index (χ2n) is 4.71. The molecule has 0 aliphatic heterocycles. The minimum Gasteiger partial charge on any atom is -0.497 e. The van der Waals surface area contributed by atoms with Crippen molar-refractivity contribution in [2.24, 2.45) is 0 Å². The molecule has 2 aromatic rings. The summed E-state index contributed by atoms with van der Waals surface area (Å²) in [5, 5.41) is 7.36. The molecule has 3 rings (SSSR count). The van der Waals surface area contributed by atoms with Crippen molar-refractivity contribution in [3.05, 3.63) is 41.5 Å². The number of fused-ring (bicyclic) bond motifs is 1. The first kappa shape index (κ1) is 12.2. The topological polar surface area (TPSA) is 60.2 Å². The summed E-state index contributed by atoms with van der Waals surface area (Å²) < 4.78 is 10.0. The van der Waals surface area contributed by atoms with Gasteiger partial charge in [0, 0.05) is 19.0 Å². The molecular weight excluding hydrogens is 242 g/mol. The molecule has 1 atom stereocenters. The summed E-state index contributed by atoms with van der Waals surface area (Å²) in [6.45, 7) is 0.848. The third kappa shape index (κ3) is 2.61. The molecule has 0 saturated heterocycles. The SMILES string of the molecule is COc1ccc2c(c1)C(NCCc1ncon1)CC2. The zero-order valence-electron chi connectivity index (χ0n) is 10.9. The van der Waals surface area contributed by atoms with Crippen LogP contribution in [0.4, 0.5) is 0 Å². The predicted molar refractivity (Wildman–Crippen MR) is 70.1 cm³/mol. The van der Waals surface area contributed by atoms with E-state index in [1.54, 1.807) is 7.11 Å². The van der Waals surface area contributed by atoms with E-state index in [1.807, 2.05) is 6.07 Å². The first-order valence-electron chi connectivity index (χ1n) is 6.52. The van der Waals surface area contributed by atoms with Gasteiger partial charge in [-0.15, -0.1) is 0 Å². The molecule has 0 fully saturated rings. The fraction of sp³-hybridized carbons (Fsp3) is 0.429. The number of hydrogen-bond acceptors (Lipinski definition) is 5. The van der Waals surface area contributed by atoms with Gasteiger partial charge < -0.3 is 14.6 Å². The maximum Gasteiger partial charge on any atom is 0.213 e. The lowest BCUT2D eigenvalue weighted by molar-refractivity contribution is 0.407. The van der Waals surface area contributed by atoms with Gasteiger partial charge in [0.25, 0.3) is 0 Å². The molecule has 19 heavy (non-hydrogen) atoms. The summed E-state index contributed by atoms with van der Waals surface area (Å²) in [5.74, 6) is 1.67. The molecule has 0 amide bonds. The number of benzene rings is 1. The van der Waals surface area contributed by atoms with Crippen molar-refractivity contribution < 1.29 is 9.26 Å². The maximum absolute atomic E-state index is 5.29. The van der Waals surface area contributed by atoms with Crippen molar-refractivity contribution in [1.82, 2.24) is 15.5 Å². The molecule has 5 heteroatoms. The summed E-state index contributed by atoms with van der Waals surface area (Å²) >= 11 is 0. The van der Waals surface area contributed by atoms with Crippen molar-refractivity contribution in [2.45, 2.75) is 25.3 Å². The number of hydrogen-bond donors (Lipinski definition) is 1. The average molecular weight is 259 g/mol. The molecular formula is C14H17N3O2. The fourth-order valence-corrected chi connectivity index (χ4v) is 2.58. The fourth-order valence-electron chi connectivity index (χ4n) is 2.58. The molecule has 1 aromatic heterocycles. The molecule has 100 valence electrons. The molecule has 0 radical (unpaired) electrons. The highest BCUT2D eigenvalue weighted by Crippen LogP contribution is 2.33. The van der Waals surface area contributed by atoms with Crippen LogP contribution in [0.1, 0.15) is 29.4 Å². The largest absolute Gasteiger partial charge is 0.497 e. The van der Waals surface area contributed by atoms with Gasteiger partial charge in [0.1, 0.15) is 5.75 Å². The molecule has 1 heterocycles. The Bertz CT molecular complexity index is 540. The van der Waals surface area contributed by atoms with Gasteiger partial charge in [-0.2, -0.15) is 4.98 Å². The Morgan fingerprint density at radius 2 is 2.42 bits per heavy atom. The Morgan fingerprint density at radius 1 is 1.47 bits per heavy atom. The number of nitrogens with zero attached hydrogens (tertiary/aromatic N) is 2. The molecule has 1 aliphatic rings. The predicted octanol–water partition coefficient (Wildman–Crippen LogP) is 1.90. The Hall–Kier alpha value is -1.88. The third-order valence-corrected chi connectivity index (χ3v) is 3.58. The lowest BCUT2D eigenvalue weighted by atomic mass is 10.1. The van der Waals surface area contributed by atoms with Crippen LogP contribution in [0.3, 0.4) is 0 Å². The van der Waals surface area contributed by atoms with Crippen LogP contribution in [0, 0.1) is 0 Å². The van der Waals surface area contributed by atoms with Gasteiger partial charge in [-0.1, -0.05) is 11.2 Å². The molecule has 1 unspecified atom stereocenters. The lowest BCUT2D eigenvalue weighted by Crippen LogP contribution is -2.22. The van der Waals surface area contributed by atoms with Crippen molar-refractivity contribution in [1.29, 1.82) is 0 Å².